The third-order valence-corrected chi connectivity index (χ3v) is 2.20. The fourth-order valence-electron chi connectivity index (χ4n) is 1.23. The maximum absolute atomic E-state index is 10.7. The van der Waals surface area contributed by atoms with Crippen LogP contribution in [0.2, 0.25) is 5.02 Å². The number of rotatable bonds is 4. The Morgan fingerprint density at radius 2 is 2.27 bits per heavy atom. The summed E-state index contributed by atoms with van der Waals surface area (Å²) in [7, 11) is 0. The van der Waals surface area contributed by atoms with Gasteiger partial charge in [0.05, 0.1) is 11.0 Å². The second-order valence-corrected chi connectivity index (χ2v) is 3.56. The number of halogens is 1. The monoisotopic (exact) mass is 230 g/mol. The highest BCUT2D eigenvalue weighted by Gasteiger charge is 2.16. The molecule has 82 valence electrons. The van der Waals surface area contributed by atoms with E-state index in [1.54, 1.807) is 0 Å². The highest BCUT2D eigenvalue weighted by atomic mass is 35.5. The molecule has 0 amide bonds. The molecule has 0 fully saturated rings. The van der Waals surface area contributed by atoms with Crippen LogP contribution in [-0.2, 0) is 6.42 Å². The van der Waals surface area contributed by atoms with E-state index in [0.717, 1.165) is 0 Å². The van der Waals surface area contributed by atoms with Gasteiger partial charge in [0.25, 0.3) is 5.69 Å². The second-order valence-electron chi connectivity index (χ2n) is 3.12. The Balaban J connectivity index is 3.02. The second kappa shape index (κ2) is 5.06. The molecule has 0 heterocycles. The number of aliphatic hydroxyl groups excluding tert-OH is 1. The van der Waals surface area contributed by atoms with Gasteiger partial charge in [0.15, 0.2) is 0 Å². The predicted molar refractivity (Wildman–Crippen MR) is 56.9 cm³/mol. The molecule has 1 aromatic carbocycles. The van der Waals surface area contributed by atoms with Gasteiger partial charge in [-0.1, -0.05) is 11.6 Å². The molecule has 0 aliphatic heterocycles. The molecular formula is C9H11ClN2O3. The van der Waals surface area contributed by atoms with E-state index in [4.69, 9.17) is 17.3 Å². The first-order chi connectivity index (χ1) is 7.04. The zero-order valence-electron chi connectivity index (χ0n) is 7.89. The third-order valence-electron chi connectivity index (χ3n) is 1.97. The highest BCUT2D eigenvalue weighted by Crippen LogP contribution is 2.23. The Kier molecular flexibility index (Phi) is 4.02. The van der Waals surface area contributed by atoms with Gasteiger partial charge >= 0.3 is 0 Å². The lowest BCUT2D eigenvalue weighted by Crippen LogP contribution is -2.22. The van der Waals surface area contributed by atoms with E-state index in [-0.39, 0.29) is 18.7 Å². The number of nitrogens with zero attached hydrogens (tertiary/aromatic N) is 1. The molecule has 0 saturated heterocycles. The van der Waals surface area contributed by atoms with Gasteiger partial charge in [-0.2, -0.15) is 0 Å². The quantitative estimate of drug-likeness (QED) is 0.599. The lowest BCUT2D eigenvalue weighted by molar-refractivity contribution is -0.385. The number of nitro groups is 1. The van der Waals surface area contributed by atoms with Crippen LogP contribution in [-0.4, -0.2) is 22.7 Å². The molecule has 1 rings (SSSR count). The predicted octanol–water partition coefficient (Wildman–Crippen LogP) is 1.11. The van der Waals surface area contributed by atoms with Gasteiger partial charge in [-0.25, -0.2) is 0 Å². The van der Waals surface area contributed by atoms with Gasteiger partial charge in [0.1, 0.15) is 0 Å². The van der Waals surface area contributed by atoms with E-state index < -0.39 is 11.0 Å². The summed E-state index contributed by atoms with van der Waals surface area (Å²) in [6.07, 6.45) is -0.657. The van der Waals surface area contributed by atoms with Crippen LogP contribution in [0.3, 0.4) is 0 Å². The molecule has 0 aromatic heterocycles. The fraction of sp³-hybridized carbons (Fsp3) is 0.333. The van der Waals surface area contributed by atoms with Crippen LogP contribution in [0.1, 0.15) is 5.56 Å². The number of nitrogens with two attached hydrogens (primary N) is 1. The average molecular weight is 231 g/mol. The number of hydrogen-bond donors (Lipinski definition) is 2. The molecule has 1 unspecified atom stereocenters. The summed E-state index contributed by atoms with van der Waals surface area (Å²) < 4.78 is 0. The maximum atomic E-state index is 10.7. The van der Waals surface area contributed by atoms with Crippen LogP contribution >= 0.6 is 11.6 Å². The lowest BCUT2D eigenvalue weighted by Gasteiger charge is -2.08. The number of benzene rings is 1. The van der Waals surface area contributed by atoms with E-state index in [1.165, 1.54) is 18.2 Å². The highest BCUT2D eigenvalue weighted by molar-refractivity contribution is 6.30. The van der Waals surface area contributed by atoms with E-state index in [2.05, 4.69) is 0 Å². The van der Waals surface area contributed by atoms with Crippen LogP contribution in [0.15, 0.2) is 18.2 Å². The summed E-state index contributed by atoms with van der Waals surface area (Å²) in [6.45, 7) is 0.0592. The van der Waals surface area contributed by atoms with Crippen LogP contribution in [0, 0.1) is 10.1 Å². The van der Waals surface area contributed by atoms with Crippen molar-refractivity contribution in [2.24, 2.45) is 5.73 Å². The van der Waals surface area contributed by atoms with Crippen LogP contribution in [0.4, 0.5) is 5.69 Å². The molecule has 1 atom stereocenters. The third kappa shape index (κ3) is 3.16. The van der Waals surface area contributed by atoms with Crippen molar-refractivity contribution in [3.05, 3.63) is 38.9 Å². The van der Waals surface area contributed by atoms with Gasteiger partial charge in [0, 0.05) is 29.6 Å². The first kappa shape index (κ1) is 11.9. The summed E-state index contributed by atoms with van der Waals surface area (Å²) >= 11 is 5.71. The first-order valence-corrected chi connectivity index (χ1v) is 4.73. The molecule has 1 aromatic rings. The van der Waals surface area contributed by atoms with Crippen molar-refractivity contribution in [1.82, 2.24) is 0 Å². The fourth-order valence-corrected chi connectivity index (χ4v) is 1.43. The standard InChI is InChI=1S/C9H11ClN2O3/c10-7-1-2-9(12(14)15)6(3-7)4-8(13)5-11/h1-3,8,13H,4-5,11H2. The maximum Gasteiger partial charge on any atom is 0.272 e. The smallest absolute Gasteiger partial charge is 0.272 e. The Morgan fingerprint density at radius 3 is 2.80 bits per heavy atom. The van der Waals surface area contributed by atoms with Crippen LogP contribution in [0.5, 0.6) is 0 Å². The van der Waals surface area contributed by atoms with E-state index in [1.807, 2.05) is 0 Å². The number of nitro benzene ring substituents is 1. The van der Waals surface area contributed by atoms with Gasteiger partial charge in [-0.3, -0.25) is 10.1 Å². The average Bonchev–Trinajstić information content (AvgIpc) is 2.17. The molecule has 0 radical (unpaired) electrons. The zero-order chi connectivity index (χ0) is 11.4. The van der Waals surface area contributed by atoms with Crippen LogP contribution < -0.4 is 5.73 Å². The zero-order valence-corrected chi connectivity index (χ0v) is 8.65. The van der Waals surface area contributed by atoms with E-state index >= 15 is 0 Å². The Labute approximate surface area is 91.6 Å². The molecule has 0 aliphatic rings. The van der Waals surface area contributed by atoms with Gasteiger partial charge in [-0.15, -0.1) is 0 Å². The minimum atomic E-state index is -0.790. The van der Waals surface area contributed by atoms with Crippen LogP contribution in [0.25, 0.3) is 0 Å². The topological polar surface area (TPSA) is 89.4 Å². The molecule has 5 nitrogen and oxygen atoms in total. The minimum Gasteiger partial charge on any atom is -0.391 e. The minimum absolute atomic E-state index is 0.0492. The normalized spacial score (nSPS) is 12.5. The molecule has 15 heavy (non-hydrogen) atoms. The number of aliphatic hydroxyl groups is 1. The number of hydrogen-bond acceptors (Lipinski definition) is 4. The Hall–Kier alpha value is -1.17. The largest absolute Gasteiger partial charge is 0.391 e. The van der Waals surface area contributed by atoms with Crippen molar-refractivity contribution in [1.29, 1.82) is 0 Å². The van der Waals surface area contributed by atoms with Crippen molar-refractivity contribution in [3.63, 3.8) is 0 Å². The molecule has 0 spiro atoms. The first-order valence-electron chi connectivity index (χ1n) is 4.35. The summed E-state index contributed by atoms with van der Waals surface area (Å²) in [5.74, 6) is 0. The Morgan fingerprint density at radius 1 is 1.60 bits per heavy atom. The molecule has 0 saturated carbocycles. The molecule has 0 bridgehead atoms. The SMILES string of the molecule is NCC(O)Cc1cc(Cl)ccc1[N+](=O)[O-]. The lowest BCUT2D eigenvalue weighted by atomic mass is 10.1. The van der Waals surface area contributed by atoms with Crippen molar-refractivity contribution in [2.75, 3.05) is 6.54 Å². The molecule has 3 N–H and O–H groups in total. The molecule has 0 aliphatic carbocycles. The Bertz CT molecular complexity index is 370. The van der Waals surface area contributed by atoms with E-state index in [9.17, 15) is 15.2 Å². The van der Waals surface area contributed by atoms with Crippen molar-refractivity contribution in [3.8, 4) is 0 Å². The van der Waals surface area contributed by atoms with Crippen molar-refractivity contribution in [2.45, 2.75) is 12.5 Å². The molecular weight excluding hydrogens is 220 g/mol. The van der Waals surface area contributed by atoms with Gasteiger partial charge < -0.3 is 10.8 Å². The van der Waals surface area contributed by atoms with Gasteiger partial charge in [0.2, 0.25) is 0 Å². The summed E-state index contributed by atoms with van der Waals surface area (Å²) in [6, 6.07) is 4.23. The summed E-state index contributed by atoms with van der Waals surface area (Å²) in [5.41, 5.74) is 5.58. The van der Waals surface area contributed by atoms with Crippen molar-refractivity contribution >= 4 is 17.3 Å². The van der Waals surface area contributed by atoms with Crippen molar-refractivity contribution < 1.29 is 10.0 Å². The van der Waals surface area contributed by atoms with Gasteiger partial charge in [-0.05, 0) is 12.1 Å². The van der Waals surface area contributed by atoms with E-state index in [0.29, 0.717) is 10.6 Å². The summed E-state index contributed by atoms with van der Waals surface area (Å²) in [5, 5.41) is 20.4. The molecule has 6 heteroatoms. The summed E-state index contributed by atoms with van der Waals surface area (Å²) in [4.78, 5) is 10.1.